The normalized spacial score (nSPS) is 12.9. The van der Waals surface area contributed by atoms with E-state index < -0.39 is 0 Å². The van der Waals surface area contributed by atoms with Crippen LogP contribution >= 0.6 is 0 Å². The summed E-state index contributed by atoms with van der Waals surface area (Å²) in [6.07, 6.45) is 1.60. The fourth-order valence-corrected chi connectivity index (χ4v) is 2.04. The van der Waals surface area contributed by atoms with Gasteiger partial charge in [0.05, 0.1) is 23.5 Å². The minimum absolute atomic E-state index is 0.103. The molecule has 0 saturated carbocycles. The van der Waals surface area contributed by atoms with Crippen molar-refractivity contribution >= 4 is 17.0 Å². The lowest BCUT2D eigenvalue weighted by atomic mass is 10.1. The van der Waals surface area contributed by atoms with Crippen LogP contribution in [0.25, 0.3) is 11.0 Å². The predicted molar refractivity (Wildman–Crippen MR) is 75.1 cm³/mol. The first-order valence-corrected chi connectivity index (χ1v) is 6.54. The predicted octanol–water partition coefficient (Wildman–Crippen LogP) is 3.17. The Kier molecular flexibility index (Phi) is 3.60. The molecule has 0 aliphatic heterocycles. The lowest BCUT2D eigenvalue weighted by molar-refractivity contribution is -0.150. The van der Waals surface area contributed by atoms with Crippen LogP contribution in [-0.2, 0) is 9.53 Å². The van der Waals surface area contributed by atoms with Crippen molar-refractivity contribution in [1.82, 2.24) is 9.55 Å². The Morgan fingerprint density at radius 2 is 1.84 bits per heavy atom. The summed E-state index contributed by atoms with van der Waals surface area (Å²) < 4.78 is 7.12. The molecule has 1 heterocycles. The molecule has 19 heavy (non-hydrogen) atoms. The van der Waals surface area contributed by atoms with Gasteiger partial charge in [0.2, 0.25) is 0 Å². The minimum atomic E-state index is -0.366. The molecule has 0 radical (unpaired) electrons. The van der Waals surface area contributed by atoms with Crippen LogP contribution in [0, 0.1) is 13.8 Å². The van der Waals surface area contributed by atoms with Gasteiger partial charge in [0.1, 0.15) is 6.04 Å². The quantitative estimate of drug-likeness (QED) is 0.796. The second kappa shape index (κ2) is 5.03. The molecule has 4 heteroatoms. The summed E-state index contributed by atoms with van der Waals surface area (Å²) in [6, 6.07) is 3.74. The van der Waals surface area contributed by atoms with Crippen LogP contribution in [0.3, 0.4) is 0 Å². The van der Waals surface area contributed by atoms with Gasteiger partial charge in [0.25, 0.3) is 0 Å². The molecule has 0 fully saturated rings. The number of carbonyl (C=O) groups is 1. The summed E-state index contributed by atoms with van der Waals surface area (Å²) in [5, 5.41) is 0. The SMILES string of the molecule is Cc1cc2ncn(C(C)C(=O)OC(C)C)c2cc1C. The topological polar surface area (TPSA) is 44.1 Å². The standard InChI is InChI=1S/C15H20N2O2/c1-9(2)19-15(18)12(5)17-8-16-13-6-10(3)11(4)7-14(13)17/h6-9,12H,1-5H3. The van der Waals surface area contributed by atoms with Crippen LogP contribution in [-0.4, -0.2) is 21.6 Å². The van der Waals surface area contributed by atoms with Gasteiger partial charge in [-0.15, -0.1) is 0 Å². The van der Waals surface area contributed by atoms with Crippen molar-refractivity contribution in [3.63, 3.8) is 0 Å². The fraction of sp³-hybridized carbons (Fsp3) is 0.467. The number of aryl methyl sites for hydroxylation is 2. The van der Waals surface area contributed by atoms with Gasteiger partial charge >= 0.3 is 5.97 Å². The number of imidazole rings is 1. The van der Waals surface area contributed by atoms with Crippen molar-refractivity contribution in [2.24, 2.45) is 0 Å². The first-order chi connectivity index (χ1) is 8.90. The largest absolute Gasteiger partial charge is 0.461 e. The highest BCUT2D eigenvalue weighted by Gasteiger charge is 2.19. The van der Waals surface area contributed by atoms with Gasteiger partial charge in [-0.05, 0) is 57.9 Å². The smallest absolute Gasteiger partial charge is 0.329 e. The number of carbonyl (C=O) groups excluding carboxylic acids is 1. The Labute approximate surface area is 113 Å². The zero-order chi connectivity index (χ0) is 14.2. The van der Waals surface area contributed by atoms with Crippen molar-refractivity contribution in [3.05, 3.63) is 29.6 Å². The van der Waals surface area contributed by atoms with Crippen molar-refractivity contribution in [3.8, 4) is 0 Å². The van der Waals surface area contributed by atoms with E-state index in [0.717, 1.165) is 11.0 Å². The number of ether oxygens (including phenoxy) is 1. The number of nitrogens with zero attached hydrogens (tertiary/aromatic N) is 2. The molecule has 0 bridgehead atoms. The highest BCUT2D eigenvalue weighted by atomic mass is 16.5. The van der Waals surface area contributed by atoms with E-state index in [1.807, 2.05) is 31.4 Å². The third-order valence-electron chi connectivity index (χ3n) is 3.30. The number of aromatic nitrogens is 2. The minimum Gasteiger partial charge on any atom is -0.461 e. The van der Waals surface area contributed by atoms with Crippen LogP contribution in [0.15, 0.2) is 18.5 Å². The third-order valence-corrected chi connectivity index (χ3v) is 3.30. The lowest BCUT2D eigenvalue weighted by Gasteiger charge is -2.16. The zero-order valence-corrected chi connectivity index (χ0v) is 12.1. The number of hydrogen-bond acceptors (Lipinski definition) is 3. The van der Waals surface area contributed by atoms with Crippen LogP contribution in [0.1, 0.15) is 37.9 Å². The first kappa shape index (κ1) is 13.6. The average molecular weight is 260 g/mol. The highest BCUT2D eigenvalue weighted by molar-refractivity contribution is 5.81. The van der Waals surface area contributed by atoms with Gasteiger partial charge in [0.15, 0.2) is 0 Å². The highest BCUT2D eigenvalue weighted by Crippen LogP contribution is 2.22. The molecule has 1 aromatic carbocycles. The molecular weight excluding hydrogens is 240 g/mol. The summed E-state index contributed by atoms with van der Waals surface area (Å²) >= 11 is 0. The van der Waals surface area contributed by atoms with Crippen LogP contribution in [0.5, 0.6) is 0 Å². The molecular formula is C15H20N2O2. The summed E-state index contributed by atoms with van der Waals surface area (Å²) in [5.41, 5.74) is 4.28. The Bertz CT molecular complexity index is 614. The Balaban J connectivity index is 2.40. The van der Waals surface area contributed by atoms with E-state index in [-0.39, 0.29) is 18.1 Å². The first-order valence-electron chi connectivity index (χ1n) is 6.54. The van der Waals surface area contributed by atoms with Crippen molar-refractivity contribution < 1.29 is 9.53 Å². The fourth-order valence-electron chi connectivity index (χ4n) is 2.04. The molecule has 1 atom stereocenters. The molecule has 0 saturated heterocycles. The number of rotatable bonds is 3. The maximum atomic E-state index is 12.0. The molecule has 0 N–H and O–H groups in total. The zero-order valence-electron chi connectivity index (χ0n) is 12.1. The Hall–Kier alpha value is -1.84. The van der Waals surface area contributed by atoms with E-state index in [2.05, 4.69) is 24.9 Å². The van der Waals surface area contributed by atoms with Gasteiger partial charge in [0, 0.05) is 0 Å². The Morgan fingerprint density at radius 3 is 2.47 bits per heavy atom. The van der Waals surface area contributed by atoms with E-state index in [1.54, 1.807) is 6.33 Å². The molecule has 102 valence electrons. The van der Waals surface area contributed by atoms with Crippen LogP contribution in [0.2, 0.25) is 0 Å². The van der Waals surface area contributed by atoms with E-state index in [1.165, 1.54) is 11.1 Å². The van der Waals surface area contributed by atoms with E-state index in [4.69, 9.17) is 4.74 Å². The average Bonchev–Trinajstić information content (AvgIpc) is 2.70. The van der Waals surface area contributed by atoms with Crippen LogP contribution < -0.4 is 0 Å². The summed E-state index contributed by atoms with van der Waals surface area (Å²) in [4.78, 5) is 16.3. The second-order valence-electron chi connectivity index (χ2n) is 5.24. The molecule has 1 unspecified atom stereocenters. The maximum absolute atomic E-state index is 12.0. The maximum Gasteiger partial charge on any atom is 0.329 e. The molecule has 0 aliphatic carbocycles. The molecule has 2 aromatic rings. The van der Waals surface area contributed by atoms with Crippen LogP contribution in [0.4, 0.5) is 0 Å². The van der Waals surface area contributed by atoms with E-state index in [0.29, 0.717) is 0 Å². The molecule has 4 nitrogen and oxygen atoms in total. The monoisotopic (exact) mass is 260 g/mol. The van der Waals surface area contributed by atoms with Crippen molar-refractivity contribution in [1.29, 1.82) is 0 Å². The number of esters is 1. The van der Waals surface area contributed by atoms with Gasteiger partial charge < -0.3 is 9.30 Å². The Morgan fingerprint density at radius 1 is 1.21 bits per heavy atom. The summed E-state index contributed by atoms with van der Waals surface area (Å²) in [6.45, 7) is 9.66. The molecule has 0 amide bonds. The molecule has 1 aromatic heterocycles. The molecule has 0 spiro atoms. The number of fused-ring (bicyclic) bond motifs is 1. The number of hydrogen-bond donors (Lipinski definition) is 0. The lowest BCUT2D eigenvalue weighted by Crippen LogP contribution is -2.21. The van der Waals surface area contributed by atoms with E-state index in [9.17, 15) is 4.79 Å². The second-order valence-corrected chi connectivity index (χ2v) is 5.24. The van der Waals surface area contributed by atoms with Crippen molar-refractivity contribution in [2.75, 3.05) is 0 Å². The third kappa shape index (κ3) is 2.62. The summed E-state index contributed by atoms with van der Waals surface area (Å²) in [7, 11) is 0. The van der Waals surface area contributed by atoms with Gasteiger partial charge in [-0.25, -0.2) is 9.78 Å². The van der Waals surface area contributed by atoms with E-state index >= 15 is 0 Å². The van der Waals surface area contributed by atoms with Gasteiger partial charge in [-0.2, -0.15) is 0 Å². The molecule has 2 rings (SSSR count). The summed E-state index contributed by atoms with van der Waals surface area (Å²) in [5.74, 6) is -0.229. The van der Waals surface area contributed by atoms with Crippen molar-refractivity contribution in [2.45, 2.75) is 46.8 Å². The van der Waals surface area contributed by atoms with Gasteiger partial charge in [-0.1, -0.05) is 0 Å². The number of benzene rings is 1. The van der Waals surface area contributed by atoms with Gasteiger partial charge in [-0.3, -0.25) is 0 Å². The molecule has 0 aliphatic rings.